The molecule has 2 aliphatic heterocycles. The quantitative estimate of drug-likeness (QED) is 0.927. The van der Waals surface area contributed by atoms with Gasteiger partial charge in [-0.3, -0.25) is 9.59 Å². The van der Waals surface area contributed by atoms with Crippen LogP contribution < -0.4 is 4.74 Å². The second-order valence-electron chi connectivity index (χ2n) is 6.34. The number of para-hydroxylation sites is 1. The minimum atomic E-state index is -0.792. The average Bonchev–Trinajstić information content (AvgIpc) is 2.59. The van der Waals surface area contributed by atoms with Crippen molar-refractivity contribution in [3.8, 4) is 5.75 Å². The zero-order valence-corrected chi connectivity index (χ0v) is 13.2. The fourth-order valence-corrected chi connectivity index (χ4v) is 3.68. The summed E-state index contributed by atoms with van der Waals surface area (Å²) in [6.07, 6.45) is 4.34. The van der Waals surface area contributed by atoms with Crippen LogP contribution in [-0.4, -0.2) is 41.1 Å². The number of nitrogens with zero attached hydrogens (tertiary/aromatic N) is 1. The van der Waals surface area contributed by atoms with E-state index < -0.39 is 5.97 Å². The minimum absolute atomic E-state index is 0.0577. The topological polar surface area (TPSA) is 66.8 Å². The van der Waals surface area contributed by atoms with Gasteiger partial charge in [-0.2, -0.15) is 0 Å². The van der Waals surface area contributed by atoms with E-state index in [0.29, 0.717) is 19.4 Å². The van der Waals surface area contributed by atoms with Crippen LogP contribution in [0, 0.1) is 0 Å². The van der Waals surface area contributed by atoms with Crippen LogP contribution in [0.5, 0.6) is 5.75 Å². The summed E-state index contributed by atoms with van der Waals surface area (Å²) in [6.45, 7) is 1.30. The van der Waals surface area contributed by atoms with E-state index in [2.05, 4.69) is 0 Å². The van der Waals surface area contributed by atoms with Gasteiger partial charge in [0.1, 0.15) is 5.75 Å². The highest BCUT2D eigenvalue weighted by atomic mass is 16.5. The van der Waals surface area contributed by atoms with Gasteiger partial charge in [-0.15, -0.1) is 0 Å². The van der Waals surface area contributed by atoms with Gasteiger partial charge in [0, 0.05) is 24.6 Å². The van der Waals surface area contributed by atoms with Crippen LogP contribution in [0.4, 0.5) is 0 Å². The van der Waals surface area contributed by atoms with Crippen molar-refractivity contribution in [1.82, 2.24) is 4.90 Å². The van der Waals surface area contributed by atoms with Gasteiger partial charge in [0.05, 0.1) is 12.5 Å². The summed E-state index contributed by atoms with van der Waals surface area (Å²) in [5.74, 6) is -0.0169. The number of aliphatic carboxylic acids is 1. The number of fused-ring (bicyclic) bond motifs is 1. The van der Waals surface area contributed by atoms with E-state index in [1.54, 1.807) is 0 Å². The van der Waals surface area contributed by atoms with Crippen molar-refractivity contribution in [2.24, 2.45) is 0 Å². The third-order valence-electron chi connectivity index (χ3n) is 4.86. The molecule has 0 aliphatic carbocycles. The van der Waals surface area contributed by atoms with Gasteiger partial charge in [0.25, 0.3) is 0 Å². The lowest BCUT2D eigenvalue weighted by atomic mass is 9.89. The van der Waals surface area contributed by atoms with E-state index in [1.165, 1.54) is 0 Å². The van der Waals surface area contributed by atoms with Crippen molar-refractivity contribution in [2.45, 2.75) is 50.5 Å². The first kappa shape index (κ1) is 15.8. The lowest BCUT2D eigenvalue weighted by Gasteiger charge is -2.39. The molecule has 0 saturated carbocycles. The van der Waals surface area contributed by atoms with Crippen LogP contribution in [0.2, 0.25) is 0 Å². The van der Waals surface area contributed by atoms with Crippen molar-refractivity contribution < 1.29 is 19.4 Å². The number of carbonyl (C=O) groups excluding carboxylic acids is 1. The first-order chi connectivity index (χ1) is 11.2. The summed E-state index contributed by atoms with van der Waals surface area (Å²) < 4.78 is 5.65. The second kappa shape index (κ2) is 7.02. The van der Waals surface area contributed by atoms with Gasteiger partial charge in [-0.05, 0) is 38.2 Å². The molecule has 0 spiro atoms. The Kier molecular flexibility index (Phi) is 4.84. The Hall–Kier alpha value is -2.04. The largest absolute Gasteiger partial charge is 0.493 e. The third kappa shape index (κ3) is 3.49. The highest BCUT2D eigenvalue weighted by Gasteiger charge is 2.35. The molecule has 2 aliphatic rings. The number of likely N-dealkylation sites (tertiary alicyclic amines) is 1. The molecule has 5 heteroatoms. The number of carbonyl (C=O) groups is 2. The Balaban J connectivity index is 1.77. The zero-order valence-electron chi connectivity index (χ0n) is 13.2. The monoisotopic (exact) mass is 317 g/mol. The Bertz CT molecular complexity index is 586. The SMILES string of the molecule is O=C(O)CC[C@H]1CCCCN1C(=O)[C@H]1CCOc2ccccc21. The maximum absolute atomic E-state index is 13.1. The fourth-order valence-electron chi connectivity index (χ4n) is 3.68. The fraction of sp³-hybridized carbons (Fsp3) is 0.556. The molecule has 1 aromatic rings. The molecule has 1 N–H and O–H groups in total. The predicted octanol–water partition coefficient (Wildman–Crippen LogP) is 2.80. The number of piperidine rings is 1. The molecular weight excluding hydrogens is 294 g/mol. The molecule has 0 unspecified atom stereocenters. The van der Waals surface area contributed by atoms with Crippen molar-refractivity contribution >= 4 is 11.9 Å². The molecule has 0 aromatic heterocycles. The number of hydrogen-bond donors (Lipinski definition) is 1. The number of carboxylic acids is 1. The second-order valence-corrected chi connectivity index (χ2v) is 6.34. The number of amides is 1. The number of hydrogen-bond acceptors (Lipinski definition) is 3. The van der Waals surface area contributed by atoms with Crippen LogP contribution in [0.25, 0.3) is 0 Å². The molecule has 3 rings (SSSR count). The molecule has 2 atom stereocenters. The van der Waals surface area contributed by atoms with Crippen molar-refractivity contribution in [2.75, 3.05) is 13.2 Å². The molecule has 1 fully saturated rings. The van der Waals surface area contributed by atoms with Crippen LogP contribution >= 0.6 is 0 Å². The number of ether oxygens (including phenoxy) is 1. The molecule has 0 bridgehead atoms. The molecular formula is C18H23NO4. The van der Waals surface area contributed by atoms with Gasteiger partial charge < -0.3 is 14.7 Å². The highest BCUT2D eigenvalue weighted by Crippen LogP contribution is 2.36. The maximum Gasteiger partial charge on any atom is 0.303 e. The van der Waals surface area contributed by atoms with Crippen molar-refractivity contribution in [3.05, 3.63) is 29.8 Å². The lowest BCUT2D eigenvalue weighted by molar-refractivity contribution is -0.141. The Morgan fingerprint density at radius 2 is 2.04 bits per heavy atom. The van der Waals surface area contributed by atoms with Gasteiger partial charge >= 0.3 is 5.97 Å². The van der Waals surface area contributed by atoms with Gasteiger partial charge in [0.15, 0.2) is 0 Å². The van der Waals surface area contributed by atoms with E-state index in [-0.39, 0.29) is 24.3 Å². The first-order valence-electron chi connectivity index (χ1n) is 8.41. The van der Waals surface area contributed by atoms with E-state index in [1.807, 2.05) is 29.2 Å². The maximum atomic E-state index is 13.1. The van der Waals surface area contributed by atoms with Crippen LogP contribution in [0.1, 0.15) is 50.0 Å². The molecule has 23 heavy (non-hydrogen) atoms. The summed E-state index contributed by atoms with van der Waals surface area (Å²) in [5.41, 5.74) is 0.964. The number of rotatable bonds is 4. The van der Waals surface area contributed by atoms with Crippen LogP contribution in [0.3, 0.4) is 0 Å². The molecule has 1 aromatic carbocycles. The Morgan fingerprint density at radius 3 is 2.87 bits per heavy atom. The van der Waals surface area contributed by atoms with Gasteiger partial charge in [-0.25, -0.2) is 0 Å². The molecule has 5 nitrogen and oxygen atoms in total. The smallest absolute Gasteiger partial charge is 0.303 e. The third-order valence-corrected chi connectivity index (χ3v) is 4.86. The Morgan fingerprint density at radius 1 is 1.22 bits per heavy atom. The molecule has 0 radical (unpaired) electrons. The minimum Gasteiger partial charge on any atom is -0.493 e. The van der Waals surface area contributed by atoms with Gasteiger partial charge in [0.2, 0.25) is 5.91 Å². The summed E-state index contributed by atoms with van der Waals surface area (Å²) in [6, 6.07) is 7.79. The summed E-state index contributed by atoms with van der Waals surface area (Å²) >= 11 is 0. The van der Waals surface area contributed by atoms with Crippen molar-refractivity contribution in [1.29, 1.82) is 0 Å². The van der Waals surface area contributed by atoms with Crippen LogP contribution in [-0.2, 0) is 9.59 Å². The summed E-state index contributed by atoms with van der Waals surface area (Å²) in [4.78, 5) is 25.9. The predicted molar refractivity (Wildman–Crippen MR) is 85.5 cm³/mol. The lowest BCUT2D eigenvalue weighted by Crippen LogP contribution is -2.46. The number of benzene rings is 1. The average molecular weight is 317 g/mol. The van der Waals surface area contributed by atoms with Crippen LogP contribution in [0.15, 0.2) is 24.3 Å². The summed E-state index contributed by atoms with van der Waals surface area (Å²) in [7, 11) is 0. The number of carboxylic acid groups (broad SMARTS) is 1. The molecule has 1 saturated heterocycles. The summed E-state index contributed by atoms with van der Waals surface area (Å²) in [5, 5.41) is 8.93. The van der Waals surface area contributed by atoms with E-state index in [0.717, 1.165) is 37.1 Å². The standard InChI is InChI=1S/C18H23NO4/c20-17(21)9-8-13-5-3-4-11-19(13)18(22)15-10-12-23-16-7-2-1-6-14(15)16/h1-2,6-7,13,15H,3-5,8-12H2,(H,20,21)/t13-,15+/m1/s1. The molecule has 1 amide bonds. The van der Waals surface area contributed by atoms with Gasteiger partial charge in [-0.1, -0.05) is 18.2 Å². The normalized spacial score (nSPS) is 23.7. The molecule has 124 valence electrons. The van der Waals surface area contributed by atoms with E-state index >= 15 is 0 Å². The highest BCUT2D eigenvalue weighted by molar-refractivity contribution is 5.85. The molecule has 2 heterocycles. The van der Waals surface area contributed by atoms with E-state index in [4.69, 9.17) is 9.84 Å². The zero-order chi connectivity index (χ0) is 16.2. The Labute approximate surface area is 136 Å². The first-order valence-corrected chi connectivity index (χ1v) is 8.41. The van der Waals surface area contributed by atoms with Crippen molar-refractivity contribution in [3.63, 3.8) is 0 Å². The van der Waals surface area contributed by atoms with E-state index in [9.17, 15) is 9.59 Å².